The van der Waals surface area contributed by atoms with Crippen LogP contribution < -0.4 is 5.32 Å². The van der Waals surface area contributed by atoms with Gasteiger partial charge in [-0.05, 0) is 30.5 Å². The van der Waals surface area contributed by atoms with E-state index in [1.807, 2.05) is 35.0 Å². The normalized spacial score (nSPS) is 13.8. The van der Waals surface area contributed by atoms with E-state index >= 15 is 0 Å². The number of aromatic nitrogens is 5. The van der Waals surface area contributed by atoms with E-state index in [-0.39, 0.29) is 5.97 Å². The Morgan fingerprint density at radius 2 is 2.15 bits per heavy atom. The van der Waals surface area contributed by atoms with Gasteiger partial charge in [0.25, 0.3) is 0 Å². The molecule has 1 aliphatic rings. The molecule has 170 valence electrons. The van der Waals surface area contributed by atoms with Gasteiger partial charge < -0.3 is 14.6 Å². The van der Waals surface area contributed by atoms with Crippen molar-refractivity contribution in [3.8, 4) is 11.4 Å². The van der Waals surface area contributed by atoms with Crippen LogP contribution in [0.15, 0.2) is 41.1 Å². The molecule has 10 nitrogen and oxygen atoms in total. The summed E-state index contributed by atoms with van der Waals surface area (Å²) in [5.74, 6) is 1.55. The highest BCUT2D eigenvalue weighted by atomic mass is 16.5. The summed E-state index contributed by atoms with van der Waals surface area (Å²) in [5, 5.41) is 14.0. The summed E-state index contributed by atoms with van der Waals surface area (Å²) in [7, 11) is 0. The Balaban J connectivity index is 1.25. The third kappa shape index (κ3) is 4.42. The molecule has 0 unspecified atom stereocenters. The van der Waals surface area contributed by atoms with E-state index in [2.05, 4.69) is 30.4 Å². The van der Waals surface area contributed by atoms with E-state index in [1.165, 1.54) is 0 Å². The molecule has 0 saturated carbocycles. The Labute approximate surface area is 190 Å². The summed E-state index contributed by atoms with van der Waals surface area (Å²) < 4.78 is 12.1. The van der Waals surface area contributed by atoms with Crippen molar-refractivity contribution in [2.75, 3.05) is 31.6 Å². The van der Waals surface area contributed by atoms with Crippen LogP contribution in [0.5, 0.6) is 0 Å². The summed E-state index contributed by atoms with van der Waals surface area (Å²) in [5.41, 5.74) is 2.28. The lowest BCUT2D eigenvalue weighted by Gasteiger charge is -2.27. The number of fused-ring (bicyclic) bond motifs is 2. The molecule has 0 saturated heterocycles. The minimum absolute atomic E-state index is 0.345. The van der Waals surface area contributed by atoms with Gasteiger partial charge in [0.2, 0.25) is 11.7 Å². The van der Waals surface area contributed by atoms with Crippen molar-refractivity contribution in [1.82, 2.24) is 29.8 Å². The van der Waals surface area contributed by atoms with E-state index in [9.17, 15) is 4.79 Å². The van der Waals surface area contributed by atoms with Crippen molar-refractivity contribution >= 4 is 22.6 Å². The molecule has 0 radical (unpaired) electrons. The van der Waals surface area contributed by atoms with Gasteiger partial charge in [-0.15, -0.1) is 0 Å². The maximum absolute atomic E-state index is 12.0. The molecular formula is C23H25N7O3. The lowest BCUT2D eigenvalue weighted by Crippen LogP contribution is -2.36. The molecule has 0 spiro atoms. The molecule has 0 amide bonds. The fourth-order valence-corrected chi connectivity index (χ4v) is 4.01. The number of esters is 1. The number of hydrogen-bond donors (Lipinski definition) is 1. The smallest absolute Gasteiger partial charge is 0.358 e. The topological polar surface area (TPSA) is 111 Å². The number of anilines is 1. The Hall–Kier alpha value is -3.79. The number of ether oxygens (including phenoxy) is 1. The predicted octanol–water partition coefficient (Wildman–Crippen LogP) is 2.89. The third-order valence-electron chi connectivity index (χ3n) is 5.63. The number of nitrogens with one attached hydrogen (secondary N) is 1. The molecule has 4 heterocycles. The van der Waals surface area contributed by atoms with Crippen molar-refractivity contribution < 1.29 is 14.1 Å². The summed E-state index contributed by atoms with van der Waals surface area (Å²) in [6.07, 6.45) is 1.80. The predicted molar refractivity (Wildman–Crippen MR) is 122 cm³/mol. The molecule has 0 bridgehead atoms. The molecule has 1 N–H and O–H groups in total. The highest BCUT2D eigenvalue weighted by molar-refractivity contribution is 5.94. The van der Waals surface area contributed by atoms with E-state index in [0.717, 1.165) is 60.6 Å². The van der Waals surface area contributed by atoms with E-state index in [1.54, 1.807) is 20.0 Å². The maximum atomic E-state index is 12.0. The highest BCUT2D eigenvalue weighted by Gasteiger charge is 2.21. The second kappa shape index (κ2) is 8.99. The summed E-state index contributed by atoms with van der Waals surface area (Å²) in [6, 6.07) is 9.86. The highest BCUT2D eigenvalue weighted by Crippen LogP contribution is 2.26. The van der Waals surface area contributed by atoms with Gasteiger partial charge in [-0.1, -0.05) is 17.3 Å². The fraction of sp³-hybridized carbons (Fsp3) is 0.348. The second-order valence-electron chi connectivity index (χ2n) is 7.90. The van der Waals surface area contributed by atoms with Crippen LogP contribution in [-0.4, -0.2) is 62.0 Å². The van der Waals surface area contributed by atoms with E-state index < -0.39 is 0 Å². The summed E-state index contributed by atoms with van der Waals surface area (Å²) in [6.45, 7) is 7.82. The monoisotopic (exact) mass is 447 g/mol. The molecular weight excluding hydrogens is 422 g/mol. The molecule has 4 aromatic rings. The third-order valence-corrected chi connectivity index (χ3v) is 5.63. The zero-order valence-corrected chi connectivity index (χ0v) is 18.6. The van der Waals surface area contributed by atoms with Gasteiger partial charge in [-0.2, -0.15) is 10.1 Å². The Bertz CT molecular complexity index is 1300. The first-order chi connectivity index (χ1) is 16.1. The minimum atomic E-state index is -0.370. The maximum Gasteiger partial charge on any atom is 0.358 e. The van der Waals surface area contributed by atoms with Gasteiger partial charge in [0.15, 0.2) is 5.69 Å². The molecule has 10 heteroatoms. The molecule has 1 aliphatic heterocycles. The largest absolute Gasteiger partial charge is 0.461 e. The molecule has 0 atom stereocenters. The minimum Gasteiger partial charge on any atom is -0.461 e. The van der Waals surface area contributed by atoms with Crippen molar-refractivity contribution in [1.29, 1.82) is 0 Å². The van der Waals surface area contributed by atoms with Gasteiger partial charge in [-0.25, -0.2) is 9.78 Å². The summed E-state index contributed by atoms with van der Waals surface area (Å²) in [4.78, 5) is 23.2. The van der Waals surface area contributed by atoms with Crippen LogP contribution in [-0.2, 0) is 17.8 Å². The Kier molecular flexibility index (Phi) is 5.74. The quantitative estimate of drug-likeness (QED) is 0.427. The van der Waals surface area contributed by atoms with E-state index in [0.29, 0.717) is 24.0 Å². The van der Waals surface area contributed by atoms with Crippen LogP contribution in [0.2, 0.25) is 0 Å². The zero-order valence-electron chi connectivity index (χ0n) is 18.6. The first-order valence-electron chi connectivity index (χ1n) is 11.0. The molecule has 33 heavy (non-hydrogen) atoms. The van der Waals surface area contributed by atoms with Crippen molar-refractivity contribution in [3.05, 3.63) is 53.8 Å². The van der Waals surface area contributed by atoms with Crippen LogP contribution in [0.1, 0.15) is 29.0 Å². The first kappa shape index (κ1) is 21.1. The lowest BCUT2D eigenvalue weighted by atomic mass is 10.1. The first-order valence-corrected chi connectivity index (χ1v) is 11.0. The van der Waals surface area contributed by atoms with Gasteiger partial charge in [0.05, 0.1) is 18.8 Å². The number of carbonyl (C=O) groups excluding carboxylic acids is 1. The van der Waals surface area contributed by atoms with Gasteiger partial charge >= 0.3 is 5.97 Å². The van der Waals surface area contributed by atoms with E-state index in [4.69, 9.17) is 9.26 Å². The number of nitrogens with zero attached hydrogens (tertiary/aromatic N) is 6. The molecule has 5 rings (SSSR count). The van der Waals surface area contributed by atoms with Crippen LogP contribution in [0.4, 0.5) is 5.82 Å². The number of hydrogen-bond acceptors (Lipinski definition) is 9. The molecule has 1 aromatic carbocycles. The standard InChI is InChI=1S/C23H25N7O3/c1-3-32-23(31)20-13-18-14-29(10-11-30(18)27-20)9-8-25-22-19-12-17(21-26-15(2)33-28-21)5-4-16(19)6-7-24-22/h4-7,12-13H,3,8-11,14H2,1-2H3,(H,24,25). The number of benzene rings is 1. The van der Waals surface area contributed by atoms with Crippen molar-refractivity contribution in [2.24, 2.45) is 0 Å². The average Bonchev–Trinajstić information content (AvgIpc) is 3.45. The molecule has 3 aromatic heterocycles. The number of carbonyl (C=O) groups is 1. The van der Waals surface area contributed by atoms with Gasteiger partial charge in [0.1, 0.15) is 5.82 Å². The zero-order chi connectivity index (χ0) is 22.8. The number of pyridine rings is 1. The summed E-state index contributed by atoms with van der Waals surface area (Å²) >= 11 is 0. The number of aryl methyl sites for hydroxylation is 1. The van der Waals surface area contributed by atoms with Crippen LogP contribution in [0.25, 0.3) is 22.2 Å². The Morgan fingerprint density at radius 1 is 1.24 bits per heavy atom. The van der Waals surface area contributed by atoms with Gasteiger partial charge in [0, 0.05) is 50.2 Å². The molecule has 0 fully saturated rings. The Morgan fingerprint density at radius 3 is 2.97 bits per heavy atom. The molecule has 0 aliphatic carbocycles. The van der Waals surface area contributed by atoms with Crippen molar-refractivity contribution in [2.45, 2.75) is 26.9 Å². The fourth-order valence-electron chi connectivity index (χ4n) is 4.01. The SMILES string of the molecule is CCOC(=O)c1cc2n(n1)CCN(CCNc1nccc3ccc(-c4noc(C)n4)cc13)C2. The average molecular weight is 447 g/mol. The van der Waals surface area contributed by atoms with Crippen LogP contribution in [0.3, 0.4) is 0 Å². The second-order valence-corrected chi connectivity index (χ2v) is 7.90. The van der Waals surface area contributed by atoms with Crippen molar-refractivity contribution in [3.63, 3.8) is 0 Å². The number of rotatable bonds is 7. The lowest BCUT2D eigenvalue weighted by molar-refractivity contribution is 0.0518. The van der Waals surface area contributed by atoms with Crippen LogP contribution >= 0.6 is 0 Å². The van der Waals surface area contributed by atoms with Gasteiger partial charge in [-0.3, -0.25) is 9.58 Å². The van der Waals surface area contributed by atoms with Crippen LogP contribution in [0, 0.1) is 6.92 Å².